The standard InChI is InChI=1S/C15H25N3O/c16-7-1-8-17-9-2-10-18(12-11-17)13-14-3-5-15(19)6-4-14/h3-6,19H,1-2,7-13,16H2. The number of nitrogens with zero attached hydrogens (tertiary/aromatic N) is 2. The molecule has 106 valence electrons. The Hall–Kier alpha value is -1.10. The Morgan fingerprint density at radius 2 is 1.68 bits per heavy atom. The molecule has 0 aromatic heterocycles. The van der Waals surface area contributed by atoms with Crippen LogP contribution >= 0.6 is 0 Å². The topological polar surface area (TPSA) is 52.7 Å². The molecule has 0 atom stereocenters. The van der Waals surface area contributed by atoms with Crippen molar-refractivity contribution in [3.63, 3.8) is 0 Å². The second kappa shape index (κ2) is 7.48. The van der Waals surface area contributed by atoms with Crippen molar-refractivity contribution in [1.82, 2.24) is 9.80 Å². The lowest BCUT2D eigenvalue weighted by molar-refractivity contribution is 0.251. The molecule has 1 fully saturated rings. The molecule has 1 aromatic rings. The Labute approximate surface area is 115 Å². The van der Waals surface area contributed by atoms with Crippen molar-refractivity contribution < 1.29 is 5.11 Å². The van der Waals surface area contributed by atoms with E-state index >= 15 is 0 Å². The first-order valence-corrected chi connectivity index (χ1v) is 7.20. The van der Waals surface area contributed by atoms with Gasteiger partial charge in [-0.25, -0.2) is 0 Å². The van der Waals surface area contributed by atoms with E-state index in [1.165, 1.54) is 18.5 Å². The van der Waals surface area contributed by atoms with Crippen molar-refractivity contribution in [2.75, 3.05) is 39.3 Å². The molecular formula is C15H25N3O. The van der Waals surface area contributed by atoms with Gasteiger partial charge in [-0.05, 0) is 56.7 Å². The maximum Gasteiger partial charge on any atom is 0.115 e. The highest BCUT2D eigenvalue weighted by Crippen LogP contribution is 2.13. The van der Waals surface area contributed by atoms with E-state index < -0.39 is 0 Å². The molecule has 0 saturated carbocycles. The van der Waals surface area contributed by atoms with Crippen LogP contribution in [0.1, 0.15) is 18.4 Å². The van der Waals surface area contributed by atoms with Gasteiger partial charge in [0.1, 0.15) is 5.75 Å². The summed E-state index contributed by atoms with van der Waals surface area (Å²) < 4.78 is 0. The lowest BCUT2D eigenvalue weighted by Crippen LogP contribution is -2.31. The average Bonchev–Trinajstić information content (AvgIpc) is 2.64. The maximum atomic E-state index is 9.29. The number of phenolic OH excluding ortho intramolecular Hbond substituents is 1. The van der Waals surface area contributed by atoms with Crippen LogP contribution in [0.4, 0.5) is 0 Å². The zero-order valence-electron chi connectivity index (χ0n) is 11.6. The summed E-state index contributed by atoms with van der Waals surface area (Å²) in [7, 11) is 0. The molecule has 1 aliphatic rings. The number of rotatable bonds is 5. The van der Waals surface area contributed by atoms with Crippen LogP contribution in [0, 0.1) is 0 Å². The third kappa shape index (κ3) is 4.82. The molecule has 1 saturated heterocycles. The predicted molar refractivity (Wildman–Crippen MR) is 78.1 cm³/mol. The van der Waals surface area contributed by atoms with Crippen molar-refractivity contribution in [3.05, 3.63) is 29.8 Å². The number of aromatic hydroxyl groups is 1. The molecule has 0 aliphatic carbocycles. The summed E-state index contributed by atoms with van der Waals surface area (Å²) in [6.45, 7) is 7.48. The van der Waals surface area contributed by atoms with Gasteiger partial charge < -0.3 is 15.7 Å². The Balaban J connectivity index is 1.80. The van der Waals surface area contributed by atoms with E-state index in [-0.39, 0.29) is 0 Å². The van der Waals surface area contributed by atoms with Crippen LogP contribution in [0.15, 0.2) is 24.3 Å². The SMILES string of the molecule is NCCCN1CCCN(Cc2ccc(O)cc2)CC1. The van der Waals surface area contributed by atoms with Crippen molar-refractivity contribution in [1.29, 1.82) is 0 Å². The molecule has 3 N–H and O–H groups in total. The monoisotopic (exact) mass is 263 g/mol. The van der Waals surface area contributed by atoms with Crippen molar-refractivity contribution in [3.8, 4) is 5.75 Å². The van der Waals surface area contributed by atoms with E-state index in [0.29, 0.717) is 5.75 Å². The van der Waals surface area contributed by atoms with Gasteiger partial charge in [0, 0.05) is 19.6 Å². The minimum atomic E-state index is 0.340. The number of phenols is 1. The van der Waals surface area contributed by atoms with Gasteiger partial charge in [-0.2, -0.15) is 0 Å². The van der Waals surface area contributed by atoms with E-state index in [1.807, 2.05) is 12.1 Å². The number of hydrogen-bond donors (Lipinski definition) is 2. The first-order valence-electron chi connectivity index (χ1n) is 7.20. The molecule has 0 amide bonds. The largest absolute Gasteiger partial charge is 0.508 e. The summed E-state index contributed by atoms with van der Waals surface area (Å²) in [5.74, 6) is 0.340. The van der Waals surface area contributed by atoms with Crippen LogP contribution in [0.25, 0.3) is 0 Å². The van der Waals surface area contributed by atoms with Crippen molar-refractivity contribution in [2.24, 2.45) is 5.73 Å². The fourth-order valence-corrected chi connectivity index (χ4v) is 2.58. The van der Waals surface area contributed by atoms with Crippen molar-refractivity contribution in [2.45, 2.75) is 19.4 Å². The van der Waals surface area contributed by atoms with E-state index in [9.17, 15) is 5.11 Å². The summed E-state index contributed by atoms with van der Waals surface area (Å²) in [4.78, 5) is 5.01. The van der Waals surface area contributed by atoms with Gasteiger partial charge in [0.25, 0.3) is 0 Å². The van der Waals surface area contributed by atoms with E-state index in [0.717, 1.165) is 45.7 Å². The smallest absolute Gasteiger partial charge is 0.115 e. The first-order chi connectivity index (χ1) is 9.28. The predicted octanol–water partition coefficient (Wildman–Crippen LogP) is 1.25. The maximum absolute atomic E-state index is 9.29. The third-order valence-corrected chi connectivity index (χ3v) is 3.70. The van der Waals surface area contributed by atoms with E-state index in [1.54, 1.807) is 12.1 Å². The lowest BCUT2D eigenvalue weighted by atomic mass is 10.2. The number of hydrogen-bond acceptors (Lipinski definition) is 4. The molecule has 4 nitrogen and oxygen atoms in total. The van der Waals surface area contributed by atoms with Gasteiger partial charge in [0.2, 0.25) is 0 Å². The van der Waals surface area contributed by atoms with Crippen LogP contribution < -0.4 is 5.73 Å². The van der Waals surface area contributed by atoms with E-state index in [4.69, 9.17) is 5.73 Å². The summed E-state index contributed by atoms with van der Waals surface area (Å²) in [6, 6.07) is 7.54. The van der Waals surface area contributed by atoms with Crippen LogP contribution in [0.3, 0.4) is 0 Å². The molecule has 0 radical (unpaired) electrons. The Morgan fingerprint density at radius 1 is 1.00 bits per heavy atom. The molecule has 2 rings (SSSR count). The van der Waals surface area contributed by atoms with Gasteiger partial charge in [-0.1, -0.05) is 12.1 Å². The second-order valence-electron chi connectivity index (χ2n) is 5.28. The fraction of sp³-hybridized carbons (Fsp3) is 0.600. The van der Waals surface area contributed by atoms with Gasteiger partial charge in [0.05, 0.1) is 0 Å². The Bertz CT molecular complexity index is 366. The van der Waals surface area contributed by atoms with Gasteiger partial charge in [0.15, 0.2) is 0 Å². The molecule has 19 heavy (non-hydrogen) atoms. The highest BCUT2D eigenvalue weighted by atomic mass is 16.3. The summed E-state index contributed by atoms with van der Waals surface area (Å²) in [6.07, 6.45) is 2.32. The van der Waals surface area contributed by atoms with Gasteiger partial charge in [-0.3, -0.25) is 4.90 Å². The van der Waals surface area contributed by atoms with Crippen LogP contribution in [-0.4, -0.2) is 54.2 Å². The molecule has 0 unspecified atom stereocenters. The molecule has 1 heterocycles. The Morgan fingerprint density at radius 3 is 2.42 bits per heavy atom. The second-order valence-corrected chi connectivity index (χ2v) is 5.28. The summed E-state index contributed by atoms with van der Waals surface area (Å²) in [5, 5.41) is 9.29. The molecule has 0 spiro atoms. The fourth-order valence-electron chi connectivity index (χ4n) is 2.58. The zero-order valence-corrected chi connectivity index (χ0v) is 11.6. The first kappa shape index (κ1) is 14.3. The van der Waals surface area contributed by atoms with Crippen LogP contribution in [0.2, 0.25) is 0 Å². The number of nitrogens with two attached hydrogens (primary N) is 1. The van der Waals surface area contributed by atoms with Crippen molar-refractivity contribution >= 4 is 0 Å². The molecule has 4 heteroatoms. The van der Waals surface area contributed by atoms with E-state index in [2.05, 4.69) is 9.80 Å². The van der Waals surface area contributed by atoms with Gasteiger partial charge in [-0.15, -0.1) is 0 Å². The van der Waals surface area contributed by atoms with Crippen LogP contribution in [0.5, 0.6) is 5.75 Å². The molecule has 1 aromatic carbocycles. The number of benzene rings is 1. The van der Waals surface area contributed by atoms with Gasteiger partial charge >= 0.3 is 0 Å². The minimum absolute atomic E-state index is 0.340. The average molecular weight is 263 g/mol. The third-order valence-electron chi connectivity index (χ3n) is 3.70. The highest BCUT2D eigenvalue weighted by Gasteiger charge is 2.14. The zero-order chi connectivity index (χ0) is 13.5. The minimum Gasteiger partial charge on any atom is -0.508 e. The molecular weight excluding hydrogens is 238 g/mol. The molecule has 0 bridgehead atoms. The lowest BCUT2D eigenvalue weighted by Gasteiger charge is -2.21. The van der Waals surface area contributed by atoms with Crippen LogP contribution in [-0.2, 0) is 6.54 Å². The highest BCUT2D eigenvalue weighted by molar-refractivity contribution is 5.25. The summed E-state index contributed by atoms with van der Waals surface area (Å²) >= 11 is 0. The summed E-state index contributed by atoms with van der Waals surface area (Å²) in [5.41, 5.74) is 6.84. The quantitative estimate of drug-likeness (QED) is 0.839. The normalized spacial score (nSPS) is 18.4. The Kier molecular flexibility index (Phi) is 5.63. The molecule has 1 aliphatic heterocycles.